The summed E-state index contributed by atoms with van der Waals surface area (Å²) in [4.78, 5) is 16.4. The van der Waals surface area contributed by atoms with Gasteiger partial charge in [0.15, 0.2) is 0 Å². The highest BCUT2D eigenvalue weighted by Gasteiger charge is 2.29. The zero-order chi connectivity index (χ0) is 16.4. The number of nitrogens with zero attached hydrogens (tertiary/aromatic N) is 2. The lowest BCUT2D eigenvalue weighted by Crippen LogP contribution is -2.45. The molecule has 22 heavy (non-hydrogen) atoms. The lowest BCUT2D eigenvalue weighted by Gasteiger charge is -2.27. The van der Waals surface area contributed by atoms with Gasteiger partial charge in [-0.25, -0.2) is 9.78 Å². The summed E-state index contributed by atoms with van der Waals surface area (Å²) in [6.07, 6.45) is 3.43. The van der Waals surface area contributed by atoms with Gasteiger partial charge in [0, 0.05) is 30.9 Å². The van der Waals surface area contributed by atoms with Crippen LogP contribution in [0.25, 0.3) is 5.65 Å². The van der Waals surface area contributed by atoms with E-state index in [4.69, 9.17) is 10.5 Å². The van der Waals surface area contributed by atoms with Gasteiger partial charge < -0.3 is 20.2 Å². The summed E-state index contributed by atoms with van der Waals surface area (Å²) in [5, 5.41) is 2.78. The predicted molar refractivity (Wildman–Crippen MR) is 85.8 cm³/mol. The van der Waals surface area contributed by atoms with E-state index in [9.17, 15) is 4.79 Å². The second kappa shape index (κ2) is 5.96. The molecule has 2 aromatic heterocycles. The number of nitrogens with one attached hydrogen (secondary N) is 1. The third-order valence-electron chi connectivity index (χ3n) is 3.45. The van der Waals surface area contributed by atoms with Crippen molar-refractivity contribution in [3.8, 4) is 0 Å². The molecule has 0 fully saturated rings. The maximum atomic E-state index is 11.8. The number of carbonyl (C=O) groups excluding carboxylic acids is 1. The standard InChI is InChI=1S/C16H24N4O2/c1-15(2,3)22-14(21)18-11-16(4,10-17)12-9-20-8-6-5-7-13(20)19-12/h5-9H,10-11,17H2,1-4H3,(H,18,21). The van der Waals surface area contributed by atoms with E-state index >= 15 is 0 Å². The van der Waals surface area contributed by atoms with E-state index in [1.807, 2.05) is 62.7 Å². The van der Waals surface area contributed by atoms with Crippen LogP contribution in [0.15, 0.2) is 30.6 Å². The smallest absolute Gasteiger partial charge is 0.407 e. The van der Waals surface area contributed by atoms with Gasteiger partial charge >= 0.3 is 6.09 Å². The molecule has 1 amide bonds. The highest BCUT2D eigenvalue weighted by Crippen LogP contribution is 2.21. The summed E-state index contributed by atoms with van der Waals surface area (Å²) in [6, 6.07) is 5.81. The van der Waals surface area contributed by atoms with Gasteiger partial charge in [0.05, 0.1) is 5.69 Å². The van der Waals surface area contributed by atoms with Gasteiger partial charge in [0.25, 0.3) is 0 Å². The Labute approximate surface area is 130 Å². The lowest BCUT2D eigenvalue weighted by atomic mass is 9.87. The molecule has 2 heterocycles. The fourth-order valence-electron chi connectivity index (χ4n) is 2.07. The summed E-state index contributed by atoms with van der Waals surface area (Å²) >= 11 is 0. The molecule has 120 valence electrons. The minimum Gasteiger partial charge on any atom is -0.444 e. The predicted octanol–water partition coefficient (Wildman–Crippen LogP) is 2.08. The van der Waals surface area contributed by atoms with Gasteiger partial charge in [0.1, 0.15) is 11.2 Å². The van der Waals surface area contributed by atoms with Gasteiger partial charge in [-0.1, -0.05) is 13.0 Å². The second-order valence-electron chi connectivity index (χ2n) is 6.71. The number of hydrogen-bond donors (Lipinski definition) is 2. The van der Waals surface area contributed by atoms with Gasteiger partial charge in [0.2, 0.25) is 0 Å². The molecule has 0 spiro atoms. The molecule has 2 aromatic rings. The number of hydrogen-bond acceptors (Lipinski definition) is 4. The van der Waals surface area contributed by atoms with Crippen molar-refractivity contribution in [2.75, 3.05) is 13.1 Å². The summed E-state index contributed by atoms with van der Waals surface area (Å²) in [6.45, 7) is 8.20. The Balaban J connectivity index is 2.12. The number of nitrogens with two attached hydrogens (primary N) is 1. The SMILES string of the molecule is CC(C)(C)OC(=O)NCC(C)(CN)c1cn2ccccc2n1. The van der Waals surface area contributed by atoms with E-state index in [1.54, 1.807) is 0 Å². The van der Waals surface area contributed by atoms with Gasteiger partial charge in [-0.2, -0.15) is 0 Å². The molecule has 0 bridgehead atoms. The van der Waals surface area contributed by atoms with E-state index in [1.165, 1.54) is 0 Å². The van der Waals surface area contributed by atoms with Crippen molar-refractivity contribution in [3.05, 3.63) is 36.3 Å². The monoisotopic (exact) mass is 304 g/mol. The average molecular weight is 304 g/mol. The number of ether oxygens (including phenoxy) is 1. The molecular formula is C16H24N4O2. The van der Waals surface area contributed by atoms with Crippen LogP contribution in [0.3, 0.4) is 0 Å². The van der Waals surface area contributed by atoms with Crippen LogP contribution in [0.2, 0.25) is 0 Å². The van der Waals surface area contributed by atoms with E-state index in [-0.39, 0.29) is 0 Å². The van der Waals surface area contributed by atoms with E-state index in [0.717, 1.165) is 11.3 Å². The molecule has 0 aromatic carbocycles. The molecule has 3 N–H and O–H groups in total. The zero-order valence-electron chi connectivity index (χ0n) is 13.6. The molecule has 0 aliphatic rings. The van der Waals surface area contributed by atoms with Crippen LogP contribution in [-0.4, -0.2) is 34.2 Å². The number of aromatic nitrogens is 2. The summed E-state index contributed by atoms with van der Waals surface area (Å²) < 4.78 is 7.20. The Morgan fingerprint density at radius 3 is 2.68 bits per heavy atom. The molecule has 6 heteroatoms. The average Bonchev–Trinajstić information content (AvgIpc) is 2.87. The van der Waals surface area contributed by atoms with E-state index in [2.05, 4.69) is 10.3 Å². The number of carbonyl (C=O) groups is 1. The molecule has 0 saturated carbocycles. The highest BCUT2D eigenvalue weighted by atomic mass is 16.6. The largest absolute Gasteiger partial charge is 0.444 e. The van der Waals surface area contributed by atoms with Crippen LogP contribution in [0.1, 0.15) is 33.4 Å². The Kier molecular flexibility index (Phi) is 4.42. The first kappa shape index (κ1) is 16.3. The Hall–Kier alpha value is -2.08. The summed E-state index contributed by atoms with van der Waals surface area (Å²) in [5.74, 6) is 0. The maximum absolute atomic E-state index is 11.8. The topological polar surface area (TPSA) is 81.6 Å². The lowest BCUT2D eigenvalue weighted by molar-refractivity contribution is 0.0516. The fourth-order valence-corrected chi connectivity index (χ4v) is 2.07. The molecule has 0 saturated heterocycles. The van der Waals surface area contributed by atoms with Crippen LogP contribution in [0.5, 0.6) is 0 Å². The second-order valence-corrected chi connectivity index (χ2v) is 6.71. The minimum absolute atomic E-state index is 0.363. The Morgan fingerprint density at radius 2 is 2.09 bits per heavy atom. The van der Waals surface area contributed by atoms with Crippen molar-refractivity contribution in [1.29, 1.82) is 0 Å². The van der Waals surface area contributed by atoms with E-state index < -0.39 is 17.1 Å². The van der Waals surface area contributed by atoms with Gasteiger partial charge in [-0.3, -0.25) is 0 Å². The number of rotatable bonds is 4. The van der Waals surface area contributed by atoms with Crippen LogP contribution in [-0.2, 0) is 10.2 Å². The normalized spacial score (nSPS) is 14.6. The van der Waals surface area contributed by atoms with E-state index in [0.29, 0.717) is 13.1 Å². The number of amides is 1. The fraction of sp³-hybridized carbons (Fsp3) is 0.500. The summed E-state index contributed by atoms with van der Waals surface area (Å²) in [7, 11) is 0. The van der Waals surface area contributed by atoms with Crippen molar-refractivity contribution in [1.82, 2.24) is 14.7 Å². The van der Waals surface area contributed by atoms with Crippen molar-refractivity contribution in [2.24, 2.45) is 5.73 Å². The first-order valence-electron chi connectivity index (χ1n) is 7.35. The molecule has 1 unspecified atom stereocenters. The minimum atomic E-state index is -0.522. The molecule has 0 aliphatic heterocycles. The van der Waals surface area contributed by atoms with Crippen LogP contribution >= 0.6 is 0 Å². The maximum Gasteiger partial charge on any atom is 0.407 e. The van der Waals surface area contributed by atoms with Crippen molar-refractivity contribution >= 4 is 11.7 Å². The van der Waals surface area contributed by atoms with Crippen molar-refractivity contribution in [3.63, 3.8) is 0 Å². The van der Waals surface area contributed by atoms with Crippen LogP contribution < -0.4 is 11.1 Å². The number of fused-ring (bicyclic) bond motifs is 1. The van der Waals surface area contributed by atoms with Crippen LogP contribution in [0.4, 0.5) is 4.79 Å². The molecule has 1 atom stereocenters. The molecule has 0 radical (unpaired) electrons. The van der Waals surface area contributed by atoms with Crippen molar-refractivity contribution in [2.45, 2.75) is 38.7 Å². The molecule has 6 nitrogen and oxygen atoms in total. The van der Waals surface area contributed by atoms with Crippen LogP contribution in [0, 0.1) is 0 Å². The zero-order valence-corrected chi connectivity index (χ0v) is 13.6. The molecule has 2 rings (SSSR count). The van der Waals surface area contributed by atoms with Gasteiger partial charge in [-0.15, -0.1) is 0 Å². The number of alkyl carbamates (subject to hydrolysis) is 1. The number of imidazole rings is 1. The quantitative estimate of drug-likeness (QED) is 0.906. The third kappa shape index (κ3) is 3.76. The number of pyridine rings is 1. The molecular weight excluding hydrogens is 280 g/mol. The van der Waals surface area contributed by atoms with Crippen molar-refractivity contribution < 1.29 is 9.53 Å². The van der Waals surface area contributed by atoms with Gasteiger partial charge in [-0.05, 0) is 32.9 Å². The third-order valence-corrected chi connectivity index (χ3v) is 3.45. The first-order valence-corrected chi connectivity index (χ1v) is 7.35. The Morgan fingerprint density at radius 1 is 1.36 bits per heavy atom. The first-order chi connectivity index (χ1) is 10.2. The summed E-state index contributed by atoms with van der Waals surface area (Å²) in [5.41, 5.74) is 6.66. The molecule has 0 aliphatic carbocycles. The Bertz CT molecular complexity index is 626. The highest BCUT2D eigenvalue weighted by molar-refractivity contribution is 5.67.